The lowest BCUT2D eigenvalue weighted by molar-refractivity contribution is 0.602. The van der Waals surface area contributed by atoms with Gasteiger partial charge < -0.3 is 0 Å². The summed E-state index contributed by atoms with van der Waals surface area (Å²) in [6.45, 7) is 1.89. The van der Waals surface area contributed by atoms with Gasteiger partial charge in [0.15, 0.2) is 9.84 Å². The van der Waals surface area contributed by atoms with Crippen LogP contribution >= 0.6 is 27.3 Å². The first-order chi connectivity index (χ1) is 7.88. The normalized spacial score (nSPS) is 11.7. The number of rotatable bonds is 2. The molecule has 0 radical (unpaired) electrons. The summed E-state index contributed by atoms with van der Waals surface area (Å²) in [6, 6.07) is 5.21. The third kappa shape index (κ3) is 2.75. The Morgan fingerprint density at radius 1 is 1.35 bits per heavy atom. The van der Waals surface area contributed by atoms with Gasteiger partial charge in [-0.2, -0.15) is 0 Å². The van der Waals surface area contributed by atoms with Crippen molar-refractivity contribution in [2.45, 2.75) is 11.8 Å². The van der Waals surface area contributed by atoms with Gasteiger partial charge in [0.25, 0.3) is 0 Å². The number of thiazole rings is 1. The van der Waals surface area contributed by atoms with Crippen LogP contribution in [-0.2, 0) is 9.84 Å². The maximum Gasteiger partial charge on any atom is 0.176 e. The number of aromatic nitrogens is 1. The Kier molecular flexibility index (Phi) is 3.38. The quantitative estimate of drug-likeness (QED) is 0.848. The Balaban J connectivity index is 2.70. The summed E-state index contributed by atoms with van der Waals surface area (Å²) in [6.07, 6.45) is 1.21. The smallest absolute Gasteiger partial charge is 0.176 e. The van der Waals surface area contributed by atoms with Crippen LogP contribution in [0.5, 0.6) is 0 Å². The fraction of sp³-hybridized carbons (Fsp3) is 0.182. The van der Waals surface area contributed by atoms with E-state index in [1.807, 2.05) is 18.4 Å². The molecule has 2 rings (SSSR count). The van der Waals surface area contributed by atoms with Gasteiger partial charge in [-0.25, -0.2) is 13.4 Å². The number of halogens is 1. The molecule has 0 amide bonds. The molecule has 0 N–H and O–H groups in total. The highest BCUT2D eigenvalue weighted by molar-refractivity contribution is 9.10. The highest BCUT2D eigenvalue weighted by Gasteiger charge is 2.17. The molecule has 0 atom stereocenters. The SMILES string of the molecule is Cc1csc(-c2ccc(Br)cc2S(C)(=O)=O)n1. The molecule has 1 heterocycles. The van der Waals surface area contributed by atoms with Crippen molar-refractivity contribution >= 4 is 37.1 Å². The zero-order chi connectivity index (χ0) is 12.6. The van der Waals surface area contributed by atoms with E-state index in [4.69, 9.17) is 0 Å². The van der Waals surface area contributed by atoms with Crippen LogP contribution in [0.25, 0.3) is 10.6 Å². The third-order valence-corrected chi connectivity index (χ3v) is 4.82. The lowest BCUT2D eigenvalue weighted by atomic mass is 10.2. The number of hydrogen-bond donors (Lipinski definition) is 0. The lowest BCUT2D eigenvalue weighted by Crippen LogP contribution is -1.99. The summed E-state index contributed by atoms with van der Waals surface area (Å²) in [7, 11) is -3.26. The molecule has 0 aliphatic heterocycles. The standard InChI is InChI=1S/C11H10BrNO2S2/c1-7-6-16-11(13-7)9-4-3-8(12)5-10(9)17(2,14)15/h3-6H,1-2H3. The molecule has 90 valence electrons. The van der Waals surface area contributed by atoms with Gasteiger partial charge in [0, 0.05) is 27.4 Å². The van der Waals surface area contributed by atoms with E-state index in [0.29, 0.717) is 10.5 Å². The molecule has 6 heteroatoms. The van der Waals surface area contributed by atoms with Crippen molar-refractivity contribution in [1.29, 1.82) is 0 Å². The molecule has 0 spiro atoms. The first-order valence-electron chi connectivity index (χ1n) is 4.80. The Morgan fingerprint density at radius 3 is 2.59 bits per heavy atom. The first-order valence-corrected chi connectivity index (χ1v) is 8.36. The number of sulfone groups is 1. The molecule has 0 aliphatic rings. The number of benzene rings is 1. The highest BCUT2D eigenvalue weighted by atomic mass is 79.9. The van der Waals surface area contributed by atoms with Gasteiger partial charge in [-0.1, -0.05) is 15.9 Å². The van der Waals surface area contributed by atoms with Crippen LogP contribution in [0.15, 0.2) is 32.9 Å². The van der Waals surface area contributed by atoms with E-state index < -0.39 is 9.84 Å². The first kappa shape index (κ1) is 12.7. The summed E-state index contributed by atoms with van der Waals surface area (Å²) < 4.78 is 24.2. The highest BCUT2D eigenvalue weighted by Crippen LogP contribution is 2.31. The van der Waals surface area contributed by atoms with Crippen LogP contribution in [-0.4, -0.2) is 19.7 Å². The second-order valence-electron chi connectivity index (χ2n) is 3.71. The molecule has 0 bridgehead atoms. The van der Waals surface area contributed by atoms with Gasteiger partial charge in [-0.15, -0.1) is 11.3 Å². The monoisotopic (exact) mass is 331 g/mol. The fourth-order valence-corrected chi connectivity index (χ4v) is 3.78. The van der Waals surface area contributed by atoms with Crippen LogP contribution < -0.4 is 0 Å². The molecule has 0 aliphatic carbocycles. The van der Waals surface area contributed by atoms with Crippen molar-refractivity contribution in [2.75, 3.05) is 6.26 Å². The van der Waals surface area contributed by atoms with E-state index in [9.17, 15) is 8.42 Å². The predicted molar refractivity (Wildman–Crippen MR) is 73.1 cm³/mol. The van der Waals surface area contributed by atoms with Crippen molar-refractivity contribution in [2.24, 2.45) is 0 Å². The van der Waals surface area contributed by atoms with Gasteiger partial charge in [-0.05, 0) is 25.1 Å². The molecule has 1 aromatic carbocycles. The van der Waals surface area contributed by atoms with E-state index in [2.05, 4.69) is 20.9 Å². The van der Waals surface area contributed by atoms with E-state index in [1.165, 1.54) is 17.6 Å². The predicted octanol–water partition coefficient (Wildman–Crippen LogP) is 3.28. The maximum atomic E-state index is 11.7. The molecule has 0 saturated heterocycles. The summed E-state index contributed by atoms with van der Waals surface area (Å²) in [5.74, 6) is 0. The Labute approximate surface area is 113 Å². The number of hydrogen-bond acceptors (Lipinski definition) is 4. The van der Waals surface area contributed by atoms with Crippen LogP contribution in [0, 0.1) is 6.92 Å². The Bertz CT molecular complexity index is 662. The Hall–Kier alpha value is -0.720. The van der Waals surface area contributed by atoms with Gasteiger partial charge in [0.1, 0.15) is 5.01 Å². The minimum atomic E-state index is -3.26. The van der Waals surface area contributed by atoms with Crippen molar-refractivity contribution in [3.63, 3.8) is 0 Å². The minimum absolute atomic E-state index is 0.307. The van der Waals surface area contributed by atoms with Crippen molar-refractivity contribution in [3.05, 3.63) is 33.7 Å². The largest absolute Gasteiger partial charge is 0.241 e. The zero-order valence-electron chi connectivity index (χ0n) is 9.27. The van der Waals surface area contributed by atoms with Gasteiger partial charge in [0.2, 0.25) is 0 Å². The fourth-order valence-electron chi connectivity index (χ4n) is 1.46. The van der Waals surface area contributed by atoms with Crippen molar-refractivity contribution in [3.8, 4) is 10.6 Å². The van der Waals surface area contributed by atoms with Gasteiger partial charge in [0.05, 0.1) is 4.90 Å². The second kappa shape index (κ2) is 4.51. The van der Waals surface area contributed by atoms with Crippen LogP contribution in [0.4, 0.5) is 0 Å². The van der Waals surface area contributed by atoms with Crippen LogP contribution in [0.2, 0.25) is 0 Å². The summed E-state index contributed by atoms with van der Waals surface area (Å²) in [4.78, 5) is 4.63. The van der Waals surface area contributed by atoms with E-state index in [1.54, 1.807) is 12.1 Å². The van der Waals surface area contributed by atoms with Crippen molar-refractivity contribution < 1.29 is 8.42 Å². The van der Waals surface area contributed by atoms with Crippen LogP contribution in [0.3, 0.4) is 0 Å². The molecule has 2 aromatic rings. The molecule has 17 heavy (non-hydrogen) atoms. The summed E-state index contributed by atoms with van der Waals surface area (Å²) >= 11 is 4.73. The summed E-state index contributed by atoms with van der Waals surface area (Å²) in [5, 5.41) is 2.64. The van der Waals surface area contributed by atoms with E-state index in [0.717, 1.165) is 15.2 Å². The van der Waals surface area contributed by atoms with E-state index >= 15 is 0 Å². The summed E-state index contributed by atoms with van der Waals surface area (Å²) in [5.41, 5.74) is 1.56. The minimum Gasteiger partial charge on any atom is -0.241 e. The molecular formula is C11H10BrNO2S2. The zero-order valence-corrected chi connectivity index (χ0v) is 12.5. The van der Waals surface area contributed by atoms with Gasteiger partial charge >= 0.3 is 0 Å². The van der Waals surface area contributed by atoms with Crippen molar-refractivity contribution in [1.82, 2.24) is 4.98 Å². The lowest BCUT2D eigenvalue weighted by Gasteiger charge is -2.05. The molecule has 3 nitrogen and oxygen atoms in total. The number of aryl methyl sites for hydroxylation is 1. The molecule has 0 fully saturated rings. The molecule has 0 unspecified atom stereocenters. The third-order valence-electron chi connectivity index (χ3n) is 2.19. The number of nitrogens with zero attached hydrogens (tertiary/aromatic N) is 1. The average Bonchev–Trinajstić information content (AvgIpc) is 2.63. The van der Waals surface area contributed by atoms with Crippen LogP contribution in [0.1, 0.15) is 5.69 Å². The van der Waals surface area contributed by atoms with E-state index in [-0.39, 0.29) is 0 Å². The molecule has 0 saturated carbocycles. The average molecular weight is 332 g/mol. The Morgan fingerprint density at radius 2 is 2.06 bits per heavy atom. The van der Waals surface area contributed by atoms with Gasteiger partial charge in [-0.3, -0.25) is 0 Å². The molecule has 1 aromatic heterocycles. The molecular weight excluding hydrogens is 322 g/mol. The second-order valence-corrected chi connectivity index (χ2v) is 7.46. The maximum absolute atomic E-state index is 11.7. The topological polar surface area (TPSA) is 47.0 Å².